The summed E-state index contributed by atoms with van der Waals surface area (Å²) in [4.78, 5) is 7.11. The highest BCUT2D eigenvalue weighted by Gasteiger charge is 2.26. The van der Waals surface area contributed by atoms with Gasteiger partial charge in [0.25, 0.3) is 0 Å². The van der Waals surface area contributed by atoms with Crippen LogP contribution in [0.15, 0.2) is 47.4 Å². The van der Waals surface area contributed by atoms with Crippen LogP contribution in [0.2, 0.25) is 0 Å². The van der Waals surface area contributed by atoms with Gasteiger partial charge in [0.05, 0.1) is 4.90 Å². The summed E-state index contributed by atoms with van der Waals surface area (Å²) >= 11 is 0. The van der Waals surface area contributed by atoms with E-state index in [0.29, 0.717) is 30.7 Å². The van der Waals surface area contributed by atoms with E-state index in [9.17, 15) is 8.42 Å². The number of benzene rings is 2. The van der Waals surface area contributed by atoms with E-state index in [-0.39, 0.29) is 11.5 Å². The van der Waals surface area contributed by atoms with E-state index in [2.05, 4.69) is 10.3 Å². The fourth-order valence-corrected chi connectivity index (χ4v) is 4.84. The van der Waals surface area contributed by atoms with Crippen LogP contribution in [0.5, 0.6) is 5.75 Å². The lowest BCUT2D eigenvalue weighted by atomic mass is 10.2. The van der Waals surface area contributed by atoms with Crippen LogP contribution in [-0.2, 0) is 10.0 Å². The highest BCUT2D eigenvalue weighted by molar-refractivity contribution is 7.89. The van der Waals surface area contributed by atoms with E-state index in [4.69, 9.17) is 9.57 Å². The molecule has 1 aliphatic heterocycles. The first-order valence-electron chi connectivity index (χ1n) is 9.72. The van der Waals surface area contributed by atoms with Crippen LogP contribution < -0.4 is 9.57 Å². The van der Waals surface area contributed by atoms with Crippen molar-refractivity contribution in [3.8, 4) is 5.75 Å². The van der Waals surface area contributed by atoms with E-state index < -0.39 is 10.0 Å². The number of ether oxygens (including phenoxy) is 1. The standard InChI is InChI=1S/C20H24N4O4S/c1-16-5-7-17(8-6-16)27-13-14-28-24-20-15-18(9-10-19(20)21-22-24)29(25,26)23-11-3-2-4-12-23/h5-10,15H,2-4,11-14H2,1H3. The Morgan fingerprint density at radius 2 is 1.76 bits per heavy atom. The molecule has 1 fully saturated rings. The Labute approximate surface area is 170 Å². The summed E-state index contributed by atoms with van der Waals surface area (Å²) < 4.78 is 33.0. The monoisotopic (exact) mass is 416 g/mol. The molecule has 0 atom stereocenters. The van der Waals surface area contributed by atoms with Crippen LogP contribution >= 0.6 is 0 Å². The van der Waals surface area contributed by atoms with Crippen LogP contribution in [0.1, 0.15) is 24.8 Å². The minimum absolute atomic E-state index is 0.231. The molecule has 0 N–H and O–H groups in total. The lowest BCUT2D eigenvalue weighted by molar-refractivity contribution is 0.0639. The summed E-state index contributed by atoms with van der Waals surface area (Å²) in [5, 5.41) is 8.01. The van der Waals surface area contributed by atoms with Gasteiger partial charge in [0.15, 0.2) is 6.61 Å². The molecular formula is C20H24N4O4S. The van der Waals surface area contributed by atoms with Gasteiger partial charge in [-0.1, -0.05) is 29.0 Å². The topological polar surface area (TPSA) is 86.5 Å². The fraction of sp³-hybridized carbons (Fsp3) is 0.400. The van der Waals surface area contributed by atoms with E-state index in [1.165, 1.54) is 4.85 Å². The second-order valence-corrected chi connectivity index (χ2v) is 9.01. The third-order valence-corrected chi connectivity index (χ3v) is 6.82. The van der Waals surface area contributed by atoms with Gasteiger partial charge in [0.2, 0.25) is 10.0 Å². The normalized spacial score (nSPS) is 15.5. The van der Waals surface area contributed by atoms with Gasteiger partial charge in [-0.05, 0) is 55.3 Å². The molecule has 29 heavy (non-hydrogen) atoms. The van der Waals surface area contributed by atoms with Crippen molar-refractivity contribution in [2.24, 2.45) is 0 Å². The maximum Gasteiger partial charge on any atom is 0.243 e. The highest BCUT2D eigenvalue weighted by Crippen LogP contribution is 2.23. The maximum absolute atomic E-state index is 12.9. The van der Waals surface area contributed by atoms with Crippen molar-refractivity contribution >= 4 is 21.1 Å². The second-order valence-electron chi connectivity index (χ2n) is 7.07. The molecule has 0 amide bonds. The lowest BCUT2D eigenvalue weighted by Gasteiger charge is -2.25. The Bertz CT molecular complexity index is 1070. The molecule has 154 valence electrons. The quantitative estimate of drug-likeness (QED) is 0.550. The summed E-state index contributed by atoms with van der Waals surface area (Å²) in [6.07, 6.45) is 2.86. The predicted molar refractivity (Wildman–Crippen MR) is 108 cm³/mol. The molecule has 2 aromatic carbocycles. The molecular weight excluding hydrogens is 392 g/mol. The van der Waals surface area contributed by atoms with Gasteiger partial charge in [-0.25, -0.2) is 8.42 Å². The smallest absolute Gasteiger partial charge is 0.243 e. The predicted octanol–water partition coefficient (Wildman–Crippen LogP) is 2.42. The van der Waals surface area contributed by atoms with E-state index in [1.807, 2.05) is 31.2 Å². The Balaban J connectivity index is 1.44. The summed E-state index contributed by atoms with van der Waals surface area (Å²) in [5.74, 6) is 0.762. The van der Waals surface area contributed by atoms with Crippen LogP contribution in [0.25, 0.3) is 11.0 Å². The molecule has 0 radical (unpaired) electrons. The van der Waals surface area contributed by atoms with E-state index in [1.54, 1.807) is 22.5 Å². The number of hydrogen-bond donors (Lipinski definition) is 0. The number of aryl methyl sites for hydroxylation is 1. The summed E-state index contributed by atoms with van der Waals surface area (Å²) in [6.45, 7) is 3.71. The van der Waals surface area contributed by atoms with Crippen molar-refractivity contribution in [1.29, 1.82) is 0 Å². The van der Waals surface area contributed by atoms with Crippen molar-refractivity contribution in [3.05, 3.63) is 48.0 Å². The van der Waals surface area contributed by atoms with E-state index >= 15 is 0 Å². The zero-order valence-corrected chi connectivity index (χ0v) is 17.1. The first-order valence-corrected chi connectivity index (χ1v) is 11.2. The molecule has 8 nitrogen and oxygen atoms in total. The molecule has 0 bridgehead atoms. The van der Waals surface area contributed by atoms with Crippen molar-refractivity contribution in [3.63, 3.8) is 0 Å². The fourth-order valence-electron chi connectivity index (χ4n) is 3.31. The molecule has 4 rings (SSSR count). The largest absolute Gasteiger partial charge is 0.490 e. The first-order chi connectivity index (χ1) is 14.0. The molecule has 0 spiro atoms. The highest BCUT2D eigenvalue weighted by atomic mass is 32.2. The summed E-state index contributed by atoms with van der Waals surface area (Å²) in [5.41, 5.74) is 2.25. The average molecular weight is 417 g/mol. The van der Waals surface area contributed by atoms with Crippen molar-refractivity contribution < 1.29 is 18.0 Å². The number of hydrogen-bond acceptors (Lipinski definition) is 6. The maximum atomic E-state index is 12.9. The van der Waals surface area contributed by atoms with Crippen molar-refractivity contribution in [2.45, 2.75) is 31.1 Å². The van der Waals surface area contributed by atoms with Gasteiger partial charge >= 0.3 is 0 Å². The Morgan fingerprint density at radius 3 is 2.52 bits per heavy atom. The molecule has 1 saturated heterocycles. The van der Waals surface area contributed by atoms with Gasteiger partial charge in [0, 0.05) is 13.1 Å². The summed E-state index contributed by atoms with van der Waals surface area (Å²) in [6, 6.07) is 12.6. The molecule has 2 heterocycles. The van der Waals surface area contributed by atoms with Crippen LogP contribution in [0, 0.1) is 6.92 Å². The van der Waals surface area contributed by atoms with Crippen LogP contribution in [0.4, 0.5) is 0 Å². The van der Waals surface area contributed by atoms with Gasteiger partial charge < -0.3 is 9.57 Å². The number of aromatic nitrogens is 3. The van der Waals surface area contributed by atoms with Crippen molar-refractivity contribution in [1.82, 2.24) is 19.5 Å². The van der Waals surface area contributed by atoms with Gasteiger partial charge in [0.1, 0.15) is 23.4 Å². The Kier molecular flexibility index (Phi) is 5.68. The third-order valence-electron chi connectivity index (χ3n) is 4.93. The lowest BCUT2D eigenvalue weighted by Crippen LogP contribution is -2.35. The number of piperidine rings is 1. The molecule has 1 aromatic heterocycles. The number of fused-ring (bicyclic) bond motifs is 1. The van der Waals surface area contributed by atoms with E-state index in [0.717, 1.165) is 30.6 Å². The van der Waals surface area contributed by atoms with Gasteiger partial charge in [-0.2, -0.15) is 4.31 Å². The molecule has 0 unspecified atom stereocenters. The zero-order chi connectivity index (χ0) is 20.3. The SMILES string of the molecule is Cc1ccc(OCCOn2nnc3ccc(S(=O)(=O)N4CCCCC4)cc32)cc1. The molecule has 0 aliphatic carbocycles. The number of rotatable bonds is 7. The molecule has 9 heteroatoms. The first kappa shape index (κ1) is 19.7. The zero-order valence-electron chi connectivity index (χ0n) is 16.3. The minimum Gasteiger partial charge on any atom is -0.490 e. The minimum atomic E-state index is -3.53. The van der Waals surface area contributed by atoms with Gasteiger partial charge in [-0.3, -0.25) is 0 Å². The number of sulfonamides is 1. The number of nitrogens with zero attached hydrogens (tertiary/aromatic N) is 4. The van der Waals surface area contributed by atoms with Crippen molar-refractivity contribution in [2.75, 3.05) is 26.3 Å². The van der Waals surface area contributed by atoms with Gasteiger partial charge in [-0.15, -0.1) is 5.10 Å². The Hall–Kier alpha value is -2.65. The Morgan fingerprint density at radius 1 is 1.00 bits per heavy atom. The molecule has 0 saturated carbocycles. The molecule has 1 aliphatic rings. The van der Waals surface area contributed by atoms with Crippen LogP contribution in [-0.4, -0.2) is 54.2 Å². The third kappa shape index (κ3) is 4.35. The second kappa shape index (κ2) is 8.38. The summed E-state index contributed by atoms with van der Waals surface area (Å²) in [7, 11) is -3.53. The average Bonchev–Trinajstić information content (AvgIpc) is 3.15. The van der Waals surface area contributed by atoms with Crippen LogP contribution in [0.3, 0.4) is 0 Å². The molecule has 3 aromatic rings.